The Bertz CT molecular complexity index is 657. The number of rotatable bonds is 4. The van der Waals surface area contributed by atoms with E-state index in [1.165, 1.54) is 12.1 Å². The van der Waals surface area contributed by atoms with Crippen LogP contribution in [0.15, 0.2) is 30.3 Å². The van der Waals surface area contributed by atoms with Crippen molar-refractivity contribution in [1.29, 1.82) is 0 Å². The van der Waals surface area contributed by atoms with Crippen molar-refractivity contribution in [1.82, 2.24) is 15.3 Å². The molecular formula is C18H25N3O5. The first kappa shape index (κ1) is 19.6. The number of ether oxygens (including phenoxy) is 2. The number of alkyl carbamates (subject to hydrolysis) is 1. The Morgan fingerprint density at radius 1 is 1.27 bits per heavy atom. The smallest absolute Gasteiger partial charge is 0.428 e. The number of nitrogens with zero attached hydrogens (tertiary/aromatic N) is 2. The zero-order valence-corrected chi connectivity index (χ0v) is 15.5. The molecule has 0 aromatic heterocycles. The molecule has 1 aromatic carbocycles. The Balaban J connectivity index is 1.86. The fourth-order valence-corrected chi connectivity index (χ4v) is 2.46. The van der Waals surface area contributed by atoms with Crippen molar-refractivity contribution in [2.24, 2.45) is 0 Å². The Morgan fingerprint density at radius 3 is 2.54 bits per heavy atom. The Kier molecular flexibility index (Phi) is 6.07. The van der Waals surface area contributed by atoms with Crippen molar-refractivity contribution in [2.45, 2.75) is 45.4 Å². The molecule has 0 bridgehead atoms. The van der Waals surface area contributed by atoms with Gasteiger partial charge >= 0.3 is 12.2 Å². The third kappa shape index (κ3) is 5.37. The highest BCUT2D eigenvalue weighted by Crippen LogP contribution is 2.16. The Morgan fingerprint density at radius 2 is 1.92 bits per heavy atom. The molecule has 3 amide bonds. The molecule has 2 rings (SSSR count). The predicted molar refractivity (Wildman–Crippen MR) is 93.9 cm³/mol. The van der Waals surface area contributed by atoms with Crippen molar-refractivity contribution >= 4 is 18.1 Å². The van der Waals surface area contributed by atoms with Gasteiger partial charge in [-0.05, 0) is 32.8 Å². The molecule has 0 aliphatic carbocycles. The summed E-state index contributed by atoms with van der Waals surface area (Å²) >= 11 is 0. The van der Waals surface area contributed by atoms with E-state index in [-0.39, 0.29) is 12.5 Å². The SMILES string of the molecule is CN(C(=O)OCc1ccccc1)N1CC[C@H](NC(=O)OC(C)(C)C)C1=O. The van der Waals surface area contributed by atoms with E-state index in [2.05, 4.69) is 5.32 Å². The maximum Gasteiger partial charge on any atom is 0.428 e. The molecule has 26 heavy (non-hydrogen) atoms. The van der Waals surface area contributed by atoms with Gasteiger partial charge in [-0.15, -0.1) is 0 Å². The van der Waals surface area contributed by atoms with Crippen molar-refractivity contribution in [3.8, 4) is 0 Å². The van der Waals surface area contributed by atoms with Gasteiger partial charge in [-0.25, -0.2) is 19.6 Å². The number of nitrogens with one attached hydrogen (secondary N) is 1. The molecule has 1 aliphatic heterocycles. The summed E-state index contributed by atoms with van der Waals surface area (Å²) < 4.78 is 10.4. The van der Waals surface area contributed by atoms with E-state index in [0.29, 0.717) is 13.0 Å². The van der Waals surface area contributed by atoms with Crippen LogP contribution in [0.5, 0.6) is 0 Å². The van der Waals surface area contributed by atoms with Crippen LogP contribution in [0.3, 0.4) is 0 Å². The third-order valence-corrected chi connectivity index (χ3v) is 3.70. The van der Waals surface area contributed by atoms with Crippen molar-refractivity contribution < 1.29 is 23.9 Å². The summed E-state index contributed by atoms with van der Waals surface area (Å²) in [5.74, 6) is -0.380. The van der Waals surface area contributed by atoms with Gasteiger partial charge in [0.15, 0.2) is 0 Å². The van der Waals surface area contributed by atoms with Crippen molar-refractivity contribution in [3.05, 3.63) is 35.9 Å². The van der Waals surface area contributed by atoms with E-state index in [0.717, 1.165) is 10.6 Å². The van der Waals surface area contributed by atoms with Crippen LogP contribution in [0.2, 0.25) is 0 Å². The first-order valence-electron chi connectivity index (χ1n) is 8.42. The highest BCUT2D eigenvalue weighted by atomic mass is 16.6. The minimum atomic E-state index is -0.728. The van der Waals surface area contributed by atoms with Gasteiger partial charge in [-0.1, -0.05) is 30.3 Å². The molecule has 1 aromatic rings. The maximum absolute atomic E-state index is 12.4. The van der Waals surface area contributed by atoms with Crippen LogP contribution in [-0.2, 0) is 20.9 Å². The molecule has 8 heteroatoms. The highest BCUT2D eigenvalue weighted by molar-refractivity contribution is 5.88. The Hall–Kier alpha value is -2.77. The lowest BCUT2D eigenvalue weighted by Gasteiger charge is -2.27. The van der Waals surface area contributed by atoms with Gasteiger partial charge in [0.1, 0.15) is 18.2 Å². The van der Waals surface area contributed by atoms with Crippen LogP contribution in [-0.4, -0.2) is 53.3 Å². The molecule has 0 radical (unpaired) electrons. The van der Waals surface area contributed by atoms with Crippen LogP contribution in [0.4, 0.5) is 9.59 Å². The summed E-state index contributed by atoms with van der Waals surface area (Å²) in [6.45, 7) is 5.64. The van der Waals surface area contributed by atoms with Crippen LogP contribution >= 0.6 is 0 Å². The molecule has 1 fully saturated rings. The number of hydrogen-bond acceptors (Lipinski definition) is 5. The predicted octanol–water partition coefficient (Wildman–Crippen LogP) is 2.30. The van der Waals surface area contributed by atoms with Crippen LogP contribution in [0.25, 0.3) is 0 Å². The van der Waals surface area contributed by atoms with Gasteiger partial charge in [0, 0.05) is 13.6 Å². The summed E-state index contributed by atoms with van der Waals surface area (Å²) in [6.07, 6.45) is -0.916. The molecule has 1 aliphatic rings. The number of amides is 3. The van der Waals surface area contributed by atoms with E-state index in [9.17, 15) is 14.4 Å². The second-order valence-electron chi connectivity index (χ2n) is 7.01. The van der Waals surface area contributed by atoms with Crippen molar-refractivity contribution in [2.75, 3.05) is 13.6 Å². The Labute approximate surface area is 153 Å². The molecule has 0 unspecified atom stereocenters. The molecule has 1 saturated heterocycles. The number of benzene rings is 1. The summed E-state index contributed by atoms with van der Waals surface area (Å²) in [5.41, 5.74) is 0.204. The molecule has 0 saturated carbocycles. The number of carbonyl (C=O) groups excluding carboxylic acids is 3. The lowest BCUT2D eigenvalue weighted by Crippen LogP contribution is -2.49. The molecule has 1 N–H and O–H groups in total. The van der Waals surface area contributed by atoms with Gasteiger partial charge < -0.3 is 14.8 Å². The average Bonchev–Trinajstić information content (AvgIpc) is 2.92. The summed E-state index contributed by atoms with van der Waals surface area (Å²) in [4.78, 5) is 36.4. The van der Waals surface area contributed by atoms with Gasteiger partial charge in [0.05, 0.1) is 0 Å². The van der Waals surface area contributed by atoms with E-state index < -0.39 is 23.8 Å². The standard InChI is InChI=1S/C18H25N3O5/c1-18(2,3)26-16(23)19-14-10-11-21(15(14)22)20(4)17(24)25-12-13-8-6-5-7-9-13/h5-9,14H,10-12H2,1-4H3,(H,19,23)/t14-/m0/s1. The van der Waals surface area contributed by atoms with E-state index in [1.807, 2.05) is 30.3 Å². The maximum atomic E-state index is 12.4. The van der Waals surface area contributed by atoms with Gasteiger partial charge in [-0.3, -0.25) is 4.79 Å². The molecule has 142 valence electrons. The minimum Gasteiger partial charge on any atom is -0.444 e. The normalized spacial score (nSPS) is 17.0. The number of hydrazine groups is 1. The van der Waals surface area contributed by atoms with Crippen LogP contribution in [0, 0.1) is 0 Å². The van der Waals surface area contributed by atoms with E-state index >= 15 is 0 Å². The molecule has 1 atom stereocenters. The zero-order valence-electron chi connectivity index (χ0n) is 15.5. The highest BCUT2D eigenvalue weighted by Gasteiger charge is 2.37. The quantitative estimate of drug-likeness (QED) is 0.887. The van der Waals surface area contributed by atoms with Crippen LogP contribution < -0.4 is 5.32 Å². The average molecular weight is 363 g/mol. The van der Waals surface area contributed by atoms with E-state index in [4.69, 9.17) is 9.47 Å². The number of hydrogen-bond donors (Lipinski definition) is 1. The first-order chi connectivity index (χ1) is 12.2. The third-order valence-electron chi connectivity index (χ3n) is 3.70. The largest absolute Gasteiger partial charge is 0.444 e. The topological polar surface area (TPSA) is 88.2 Å². The van der Waals surface area contributed by atoms with Gasteiger partial charge in [0.2, 0.25) is 0 Å². The monoisotopic (exact) mass is 363 g/mol. The molecule has 8 nitrogen and oxygen atoms in total. The summed E-state index contributed by atoms with van der Waals surface area (Å²) in [5, 5.41) is 4.92. The fraction of sp³-hybridized carbons (Fsp3) is 0.500. The van der Waals surface area contributed by atoms with E-state index in [1.54, 1.807) is 20.8 Å². The molecule has 0 spiro atoms. The first-order valence-corrected chi connectivity index (χ1v) is 8.42. The van der Waals surface area contributed by atoms with Crippen LogP contribution in [0.1, 0.15) is 32.8 Å². The summed E-state index contributed by atoms with van der Waals surface area (Å²) in [7, 11) is 1.46. The molecular weight excluding hydrogens is 338 g/mol. The minimum absolute atomic E-state index is 0.117. The van der Waals surface area contributed by atoms with Gasteiger partial charge in [0.25, 0.3) is 5.91 Å². The van der Waals surface area contributed by atoms with Gasteiger partial charge in [-0.2, -0.15) is 0 Å². The molecule has 1 heterocycles. The number of carbonyl (C=O) groups is 3. The summed E-state index contributed by atoms with van der Waals surface area (Å²) in [6, 6.07) is 8.53. The zero-order chi connectivity index (χ0) is 19.3. The van der Waals surface area contributed by atoms with Crippen molar-refractivity contribution in [3.63, 3.8) is 0 Å². The fourth-order valence-electron chi connectivity index (χ4n) is 2.46. The second-order valence-corrected chi connectivity index (χ2v) is 7.01. The second kappa shape index (κ2) is 8.07. The lowest BCUT2D eigenvalue weighted by molar-refractivity contribution is -0.140. The lowest BCUT2D eigenvalue weighted by atomic mass is 10.2.